The second-order valence-electron chi connectivity index (χ2n) is 7.93. The lowest BCUT2D eigenvalue weighted by molar-refractivity contribution is 0.0749. The third-order valence-electron chi connectivity index (χ3n) is 5.68. The Kier molecular flexibility index (Phi) is 5.81. The summed E-state index contributed by atoms with van der Waals surface area (Å²) in [4.78, 5) is 16.7. The molecule has 4 rings (SSSR count). The summed E-state index contributed by atoms with van der Waals surface area (Å²) >= 11 is 0. The van der Waals surface area contributed by atoms with E-state index in [4.69, 9.17) is 4.74 Å². The first-order valence-corrected chi connectivity index (χ1v) is 11.5. The molecule has 0 saturated carbocycles. The lowest BCUT2D eigenvalue weighted by atomic mass is 10.1. The highest BCUT2D eigenvalue weighted by Gasteiger charge is 2.43. The first-order chi connectivity index (χ1) is 14.4. The van der Waals surface area contributed by atoms with Crippen LogP contribution in [0.3, 0.4) is 0 Å². The molecular weight excluding hydrogens is 406 g/mol. The van der Waals surface area contributed by atoms with Gasteiger partial charge in [-0.15, -0.1) is 0 Å². The zero-order valence-electron chi connectivity index (χ0n) is 17.2. The van der Waals surface area contributed by atoms with E-state index < -0.39 is 10.0 Å². The van der Waals surface area contributed by atoms with Gasteiger partial charge < -0.3 is 14.5 Å². The van der Waals surface area contributed by atoms with Crippen LogP contribution in [0.2, 0.25) is 0 Å². The van der Waals surface area contributed by atoms with Crippen LogP contribution in [0, 0.1) is 0 Å². The predicted octanol–water partition coefficient (Wildman–Crippen LogP) is 1.03. The molecule has 3 heterocycles. The zero-order chi connectivity index (χ0) is 21.3. The van der Waals surface area contributed by atoms with Crippen molar-refractivity contribution in [3.05, 3.63) is 42.2 Å². The number of H-pyrrole nitrogens is 1. The maximum absolute atomic E-state index is 13.5. The Labute approximate surface area is 176 Å². The molecule has 2 aromatic rings. The summed E-state index contributed by atoms with van der Waals surface area (Å²) in [5, 5.41) is 6.56. The van der Waals surface area contributed by atoms with E-state index in [-0.39, 0.29) is 22.9 Å². The summed E-state index contributed by atoms with van der Waals surface area (Å²) < 4.78 is 34.9. The molecule has 1 aromatic carbocycles. The predicted molar refractivity (Wildman–Crippen MR) is 111 cm³/mol. The fraction of sp³-hybridized carbons (Fsp3) is 0.500. The molecule has 9 nitrogen and oxygen atoms in total. The lowest BCUT2D eigenvalue weighted by Crippen LogP contribution is -2.49. The van der Waals surface area contributed by atoms with Crippen LogP contribution in [0.1, 0.15) is 23.3 Å². The number of para-hydroxylation sites is 1. The van der Waals surface area contributed by atoms with Gasteiger partial charge in [0.25, 0.3) is 5.91 Å². The largest absolute Gasteiger partial charge is 0.487 e. The number of ether oxygens (including phenoxy) is 1. The molecule has 0 aliphatic carbocycles. The van der Waals surface area contributed by atoms with Gasteiger partial charge in [-0.1, -0.05) is 12.1 Å². The molecule has 1 N–H and O–H groups in total. The summed E-state index contributed by atoms with van der Waals surface area (Å²) in [7, 11) is 0.121. The molecule has 1 fully saturated rings. The van der Waals surface area contributed by atoms with Crippen molar-refractivity contribution in [3.63, 3.8) is 0 Å². The van der Waals surface area contributed by atoms with E-state index in [2.05, 4.69) is 10.2 Å². The molecule has 2 atom stereocenters. The first-order valence-electron chi connectivity index (χ1n) is 10.1. The molecule has 10 heteroatoms. The van der Waals surface area contributed by atoms with Crippen LogP contribution in [-0.4, -0.2) is 91.0 Å². The van der Waals surface area contributed by atoms with Gasteiger partial charge in [-0.3, -0.25) is 9.89 Å². The Morgan fingerprint density at radius 3 is 2.73 bits per heavy atom. The number of nitrogens with zero attached hydrogens (tertiary/aromatic N) is 4. The summed E-state index contributed by atoms with van der Waals surface area (Å²) in [5.74, 6) is 0.250. The maximum Gasteiger partial charge on any atom is 0.271 e. The van der Waals surface area contributed by atoms with E-state index in [0.29, 0.717) is 50.5 Å². The summed E-state index contributed by atoms with van der Waals surface area (Å²) in [6, 6.07) is 8.11. The van der Waals surface area contributed by atoms with E-state index in [1.807, 2.05) is 19.0 Å². The molecule has 0 bridgehead atoms. The highest BCUT2D eigenvalue weighted by Crippen LogP contribution is 2.36. The van der Waals surface area contributed by atoms with Gasteiger partial charge >= 0.3 is 0 Å². The molecule has 162 valence electrons. The molecule has 1 saturated heterocycles. The zero-order valence-corrected chi connectivity index (χ0v) is 18.0. The molecule has 1 amide bonds. The van der Waals surface area contributed by atoms with Crippen LogP contribution in [0.5, 0.6) is 5.75 Å². The molecule has 1 aromatic heterocycles. The van der Waals surface area contributed by atoms with Crippen molar-refractivity contribution in [2.45, 2.75) is 29.9 Å². The van der Waals surface area contributed by atoms with Crippen molar-refractivity contribution in [1.29, 1.82) is 0 Å². The Bertz CT molecular complexity index is 992. The van der Waals surface area contributed by atoms with Crippen molar-refractivity contribution in [2.24, 2.45) is 0 Å². The van der Waals surface area contributed by atoms with Crippen molar-refractivity contribution in [3.8, 4) is 5.75 Å². The van der Waals surface area contributed by atoms with E-state index in [0.717, 1.165) is 0 Å². The fourth-order valence-electron chi connectivity index (χ4n) is 4.09. The van der Waals surface area contributed by atoms with E-state index in [1.54, 1.807) is 45.7 Å². The standard InChI is InChI=1S/C20H27N5O4S/c1-23(2)13-14-25-16-8-11-24(20(26)15-7-10-21-22-15)12-9-17(16)29-18-5-3-4-6-19(18)30(25,27)28/h3-7,10,16-17H,8-9,11-14H2,1-2H3,(H,21,22)/t16-,17-/m1/s1. The Hall–Kier alpha value is -2.43. The highest BCUT2D eigenvalue weighted by atomic mass is 32.2. The number of sulfonamides is 1. The van der Waals surface area contributed by atoms with Crippen LogP contribution < -0.4 is 4.74 Å². The highest BCUT2D eigenvalue weighted by molar-refractivity contribution is 7.89. The molecule has 2 aliphatic rings. The van der Waals surface area contributed by atoms with Crippen LogP contribution in [0.15, 0.2) is 41.4 Å². The number of likely N-dealkylation sites (N-methyl/N-ethyl adjacent to an activating group) is 1. The molecular formula is C20H27N5O4S. The minimum Gasteiger partial charge on any atom is -0.487 e. The Balaban J connectivity index is 1.66. The first kappa shape index (κ1) is 20.8. The second kappa shape index (κ2) is 8.37. The number of hydrogen-bond acceptors (Lipinski definition) is 6. The van der Waals surface area contributed by atoms with Crippen LogP contribution >= 0.6 is 0 Å². The van der Waals surface area contributed by atoms with Crippen molar-refractivity contribution < 1.29 is 17.9 Å². The fourth-order valence-corrected chi connectivity index (χ4v) is 5.88. The minimum atomic E-state index is -3.72. The third-order valence-corrected chi connectivity index (χ3v) is 7.64. The summed E-state index contributed by atoms with van der Waals surface area (Å²) in [5.41, 5.74) is 0.431. The van der Waals surface area contributed by atoms with Crippen LogP contribution in [0.4, 0.5) is 0 Å². The molecule has 30 heavy (non-hydrogen) atoms. The number of likely N-dealkylation sites (tertiary alicyclic amines) is 1. The number of rotatable bonds is 4. The van der Waals surface area contributed by atoms with Crippen LogP contribution in [0.25, 0.3) is 0 Å². The monoisotopic (exact) mass is 433 g/mol. The molecule has 2 aliphatic heterocycles. The van der Waals surface area contributed by atoms with E-state index in [9.17, 15) is 13.2 Å². The van der Waals surface area contributed by atoms with Gasteiger partial charge in [0.1, 0.15) is 22.4 Å². The molecule has 0 radical (unpaired) electrons. The smallest absolute Gasteiger partial charge is 0.271 e. The van der Waals surface area contributed by atoms with Gasteiger partial charge in [0.05, 0.1) is 6.04 Å². The van der Waals surface area contributed by atoms with Crippen LogP contribution in [-0.2, 0) is 10.0 Å². The number of amides is 1. The normalized spacial score (nSPS) is 23.8. The van der Waals surface area contributed by atoms with Gasteiger partial charge in [0.15, 0.2) is 0 Å². The van der Waals surface area contributed by atoms with Gasteiger partial charge in [-0.2, -0.15) is 9.40 Å². The van der Waals surface area contributed by atoms with E-state index >= 15 is 0 Å². The number of aromatic nitrogens is 2. The number of hydrogen-bond donors (Lipinski definition) is 1. The second-order valence-corrected chi connectivity index (χ2v) is 9.79. The average Bonchev–Trinajstić information content (AvgIpc) is 3.15. The van der Waals surface area contributed by atoms with Gasteiger partial charge in [-0.25, -0.2) is 8.42 Å². The number of carbonyl (C=O) groups is 1. The maximum atomic E-state index is 13.5. The average molecular weight is 434 g/mol. The van der Waals surface area contributed by atoms with E-state index in [1.165, 1.54) is 0 Å². The molecule has 0 spiro atoms. The third kappa shape index (κ3) is 3.94. The van der Waals surface area contributed by atoms with Crippen molar-refractivity contribution in [2.75, 3.05) is 40.3 Å². The molecule has 0 unspecified atom stereocenters. The van der Waals surface area contributed by atoms with Crippen molar-refractivity contribution >= 4 is 15.9 Å². The Morgan fingerprint density at radius 1 is 1.23 bits per heavy atom. The van der Waals surface area contributed by atoms with Gasteiger partial charge in [-0.05, 0) is 38.7 Å². The van der Waals surface area contributed by atoms with Gasteiger partial charge in [0.2, 0.25) is 10.0 Å². The topological polar surface area (TPSA) is 98.8 Å². The SMILES string of the molecule is CN(C)CCN1[C@@H]2CCN(C(=O)c3ccn[nH]3)CC[C@H]2Oc2ccccc2S1(=O)=O. The lowest BCUT2D eigenvalue weighted by Gasteiger charge is -2.32. The number of fused-ring (bicyclic) bond motifs is 2. The van der Waals surface area contributed by atoms with Crippen molar-refractivity contribution in [1.82, 2.24) is 24.3 Å². The number of nitrogens with one attached hydrogen (secondary N) is 1. The quantitative estimate of drug-likeness (QED) is 0.773. The number of carbonyl (C=O) groups excluding carboxylic acids is 1. The number of benzene rings is 1. The minimum absolute atomic E-state index is 0.132. The summed E-state index contributed by atoms with van der Waals surface area (Å²) in [6.45, 7) is 1.90. The summed E-state index contributed by atoms with van der Waals surface area (Å²) in [6.07, 6.45) is 2.27. The Morgan fingerprint density at radius 2 is 2.00 bits per heavy atom. The number of aromatic amines is 1. The van der Waals surface area contributed by atoms with Gasteiger partial charge in [0, 0.05) is 38.8 Å².